The summed E-state index contributed by atoms with van der Waals surface area (Å²) in [5.41, 5.74) is 3.70. The first-order chi connectivity index (χ1) is 8.26. The largest absolute Gasteiger partial charge is 0.237 e. The van der Waals surface area contributed by atoms with Crippen molar-refractivity contribution < 1.29 is 0 Å². The van der Waals surface area contributed by atoms with Crippen LogP contribution in [0.3, 0.4) is 0 Å². The number of hydrogen-bond acceptors (Lipinski definition) is 2. The molecular formula is C13H16BrN3. The van der Waals surface area contributed by atoms with Crippen LogP contribution in [0.2, 0.25) is 0 Å². The fourth-order valence-electron chi connectivity index (χ4n) is 1.86. The molecule has 2 heterocycles. The first-order valence-corrected chi connectivity index (χ1v) is 6.93. The van der Waals surface area contributed by atoms with Gasteiger partial charge in [-0.2, -0.15) is 5.10 Å². The number of rotatable bonds is 4. The molecular weight excluding hydrogens is 278 g/mol. The third-order valence-electron chi connectivity index (χ3n) is 2.70. The summed E-state index contributed by atoms with van der Waals surface area (Å²) in [4.78, 5) is 4.39. The van der Waals surface area contributed by atoms with Crippen molar-refractivity contribution >= 4 is 15.9 Å². The minimum Gasteiger partial charge on any atom is -0.237 e. The Morgan fingerprint density at radius 2 is 2.24 bits per heavy atom. The second-order valence-electron chi connectivity index (χ2n) is 4.10. The average Bonchev–Trinajstić information content (AvgIpc) is 2.72. The lowest BCUT2D eigenvalue weighted by molar-refractivity contribution is 0.754. The molecule has 17 heavy (non-hydrogen) atoms. The van der Waals surface area contributed by atoms with E-state index in [1.165, 1.54) is 16.8 Å². The first-order valence-electron chi connectivity index (χ1n) is 5.81. The summed E-state index contributed by atoms with van der Waals surface area (Å²) in [6.45, 7) is 4.25. The Morgan fingerprint density at radius 1 is 1.41 bits per heavy atom. The van der Waals surface area contributed by atoms with Crippen LogP contribution < -0.4 is 0 Å². The van der Waals surface area contributed by atoms with Crippen LogP contribution in [-0.4, -0.2) is 14.8 Å². The lowest BCUT2D eigenvalue weighted by Crippen LogP contribution is -2.05. The molecule has 0 N–H and O–H groups in total. The molecule has 4 heteroatoms. The van der Waals surface area contributed by atoms with Crippen molar-refractivity contribution in [1.82, 2.24) is 14.8 Å². The molecule has 0 aliphatic heterocycles. The van der Waals surface area contributed by atoms with Crippen molar-refractivity contribution in [2.45, 2.75) is 32.0 Å². The number of pyridine rings is 1. The highest BCUT2D eigenvalue weighted by molar-refractivity contribution is 9.08. The van der Waals surface area contributed by atoms with Gasteiger partial charge in [0.2, 0.25) is 0 Å². The van der Waals surface area contributed by atoms with Crippen LogP contribution in [0.25, 0.3) is 5.82 Å². The normalized spacial score (nSPS) is 10.8. The van der Waals surface area contributed by atoms with Crippen LogP contribution in [0.15, 0.2) is 24.5 Å². The average molecular weight is 294 g/mol. The molecule has 0 fully saturated rings. The van der Waals surface area contributed by atoms with Gasteiger partial charge in [0.25, 0.3) is 0 Å². The monoisotopic (exact) mass is 293 g/mol. The van der Waals surface area contributed by atoms with E-state index in [1.54, 1.807) is 0 Å². The summed E-state index contributed by atoms with van der Waals surface area (Å²) >= 11 is 3.50. The third-order valence-corrected chi connectivity index (χ3v) is 3.31. The van der Waals surface area contributed by atoms with E-state index in [1.807, 2.05) is 23.1 Å². The van der Waals surface area contributed by atoms with Gasteiger partial charge >= 0.3 is 0 Å². The molecule has 0 aliphatic carbocycles. The molecule has 0 radical (unpaired) electrons. The Hall–Kier alpha value is -1.16. The Bertz CT molecular complexity index is 505. The van der Waals surface area contributed by atoms with Gasteiger partial charge in [0.05, 0.1) is 11.9 Å². The lowest BCUT2D eigenvalue weighted by Gasteiger charge is -2.07. The van der Waals surface area contributed by atoms with E-state index >= 15 is 0 Å². The number of aryl methyl sites for hydroxylation is 1. The summed E-state index contributed by atoms with van der Waals surface area (Å²) in [5.74, 6) is 0.903. The highest BCUT2D eigenvalue weighted by Gasteiger charge is 2.11. The van der Waals surface area contributed by atoms with Gasteiger partial charge in [-0.15, -0.1) is 0 Å². The molecule has 0 bridgehead atoms. The molecule has 2 aromatic heterocycles. The van der Waals surface area contributed by atoms with Crippen molar-refractivity contribution in [3.05, 3.63) is 41.3 Å². The van der Waals surface area contributed by atoms with Crippen LogP contribution >= 0.6 is 15.9 Å². The fourth-order valence-corrected chi connectivity index (χ4v) is 2.32. The maximum atomic E-state index is 4.44. The number of hydrogen-bond donors (Lipinski definition) is 0. The summed E-state index contributed by atoms with van der Waals surface area (Å²) in [7, 11) is 0. The molecule has 0 amide bonds. The molecule has 0 saturated heterocycles. The Balaban J connectivity index is 2.47. The molecule has 90 valence electrons. The van der Waals surface area contributed by atoms with Crippen LogP contribution in [0, 0.1) is 6.92 Å². The van der Waals surface area contributed by atoms with Gasteiger partial charge in [-0.05, 0) is 31.0 Å². The zero-order valence-electron chi connectivity index (χ0n) is 10.2. The summed E-state index contributed by atoms with van der Waals surface area (Å²) in [6.07, 6.45) is 5.88. The number of halogens is 1. The molecule has 0 spiro atoms. The molecule has 3 nitrogen and oxygen atoms in total. The van der Waals surface area contributed by atoms with Crippen molar-refractivity contribution in [2.24, 2.45) is 0 Å². The summed E-state index contributed by atoms with van der Waals surface area (Å²) < 4.78 is 1.95. The molecule has 0 unspecified atom stereocenters. The van der Waals surface area contributed by atoms with Crippen LogP contribution in [0.4, 0.5) is 0 Å². The maximum Gasteiger partial charge on any atom is 0.153 e. The highest BCUT2D eigenvalue weighted by atomic mass is 79.9. The van der Waals surface area contributed by atoms with Gasteiger partial charge in [-0.1, -0.05) is 29.3 Å². The zero-order chi connectivity index (χ0) is 12.3. The van der Waals surface area contributed by atoms with E-state index in [0.29, 0.717) is 0 Å². The van der Waals surface area contributed by atoms with E-state index in [0.717, 1.165) is 24.0 Å². The van der Waals surface area contributed by atoms with Crippen LogP contribution in [0.5, 0.6) is 0 Å². The predicted octanol–water partition coefficient (Wildman–Crippen LogP) is 3.42. The molecule has 0 atom stereocenters. The minimum absolute atomic E-state index is 0.841. The van der Waals surface area contributed by atoms with E-state index in [9.17, 15) is 0 Å². The van der Waals surface area contributed by atoms with Crippen LogP contribution in [-0.2, 0) is 11.8 Å². The van der Waals surface area contributed by atoms with Crippen LogP contribution in [0.1, 0.15) is 30.2 Å². The van der Waals surface area contributed by atoms with E-state index < -0.39 is 0 Å². The fraction of sp³-hybridized carbons (Fsp3) is 0.385. The van der Waals surface area contributed by atoms with Crippen molar-refractivity contribution in [1.29, 1.82) is 0 Å². The second-order valence-corrected chi connectivity index (χ2v) is 4.66. The maximum absolute atomic E-state index is 4.44. The van der Waals surface area contributed by atoms with Crippen molar-refractivity contribution in [2.75, 3.05) is 0 Å². The van der Waals surface area contributed by atoms with Gasteiger partial charge in [0, 0.05) is 17.1 Å². The smallest absolute Gasteiger partial charge is 0.153 e. The number of alkyl halides is 1. The van der Waals surface area contributed by atoms with Crippen molar-refractivity contribution in [3.8, 4) is 5.82 Å². The number of nitrogens with zero attached hydrogens (tertiary/aromatic N) is 3. The van der Waals surface area contributed by atoms with Gasteiger partial charge < -0.3 is 0 Å². The van der Waals surface area contributed by atoms with Gasteiger partial charge in [0.15, 0.2) is 5.82 Å². The molecule has 0 aromatic carbocycles. The standard InChI is InChI=1S/C13H16BrN3/c1-3-4-12-11(8-14)9-16-17(12)13-7-10(2)5-6-15-13/h5-7,9H,3-4,8H2,1-2H3. The number of aromatic nitrogens is 3. The van der Waals surface area contributed by atoms with Gasteiger partial charge in [-0.25, -0.2) is 9.67 Å². The molecule has 2 aromatic rings. The predicted molar refractivity (Wildman–Crippen MR) is 72.7 cm³/mol. The molecule has 2 rings (SSSR count). The molecule has 0 saturated carbocycles. The Morgan fingerprint density at radius 3 is 2.88 bits per heavy atom. The Kier molecular flexibility index (Phi) is 3.94. The zero-order valence-corrected chi connectivity index (χ0v) is 11.7. The SMILES string of the molecule is CCCc1c(CBr)cnn1-c1cc(C)ccn1. The summed E-state index contributed by atoms with van der Waals surface area (Å²) in [6, 6.07) is 4.06. The van der Waals surface area contributed by atoms with E-state index in [-0.39, 0.29) is 0 Å². The molecule has 0 aliphatic rings. The minimum atomic E-state index is 0.841. The first kappa shape index (κ1) is 12.3. The highest BCUT2D eigenvalue weighted by Crippen LogP contribution is 2.18. The summed E-state index contributed by atoms with van der Waals surface area (Å²) in [5, 5.41) is 5.28. The quantitative estimate of drug-likeness (QED) is 0.809. The second kappa shape index (κ2) is 5.45. The van der Waals surface area contributed by atoms with E-state index in [4.69, 9.17) is 0 Å². The van der Waals surface area contributed by atoms with Gasteiger partial charge in [0.1, 0.15) is 0 Å². The Labute approximate surface area is 110 Å². The third kappa shape index (κ3) is 2.57. The van der Waals surface area contributed by atoms with Gasteiger partial charge in [-0.3, -0.25) is 0 Å². The van der Waals surface area contributed by atoms with E-state index in [2.05, 4.69) is 45.9 Å². The van der Waals surface area contributed by atoms with Crippen molar-refractivity contribution in [3.63, 3.8) is 0 Å². The lowest BCUT2D eigenvalue weighted by atomic mass is 10.2. The topological polar surface area (TPSA) is 30.7 Å².